The number of hydrogen-bond acceptors (Lipinski definition) is 5. The maximum absolute atomic E-state index is 13.7. The SMILES string of the molecule is CCCNC(=O)[C@@H](C)N(Cc1cccc(OC)c1)C(=O)CN(c1cccc2ccccc12)S(C)(=O)=O. The summed E-state index contributed by atoms with van der Waals surface area (Å²) in [7, 11) is -2.26. The number of rotatable bonds is 11. The summed E-state index contributed by atoms with van der Waals surface area (Å²) in [5.41, 5.74) is 1.17. The van der Waals surface area contributed by atoms with Gasteiger partial charge in [0.2, 0.25) is 21.8 Å². The molecular weight excluding hydrogens is 478 g/mol. The molecule has 0 spiro atoms. The van der Waals surface area contributed by atoms with Gasteiger partial charge in [-0.3, -0.25) is 13.9 Å². The van der Waals surface area contributed by atoms with Gasteiger partial charge in [-0.25, -0.2) is 8.42 Å². The summed E-state index contributed by atoms with van der Waals surface area (Å²) >= 11 is 0. The van der Waals surface area contributed by atoms with E-state index in [1.807, 2.05) is 43.3 Å². The number of nitrogens with zero attached hydrogens (tertiary/aromatic N) is 2. The number of fused-ring (bicyclic) bond motifs is 1. The van der Waals surface area contributed by atoms with Crippen molar-refractivity contribution in [3.63, 3.8) is 0 Å². The second kappa shape index (κ2) is 11.9. The first-order chi connectivity index (χ1) is 17.2. The molecule has 0 aliphatic rings. The number of sulfonamides is 1. The van der Waals surface area contributed by atoms with Crippen LogP contribution in [-0.4, -0.2) is 57.6 Å². The fourth-order valence-electron chi connectivity index (χ4n) is 3.97. The summed E-state index contributed by atoms with van der Waals surface area (Å²) in [6.07, 6.45) is 1.83. The van der Waals surface area contributed by atoms with E-state index in [-0.39, 0.29) is 12.5 Å². The predicted octanol–water partition coefficient (Wildman–Crippen LogP) is 3.56. The molecule has 0 saturated carbocycles. The minimum absolute atomic E-state index is 0.115. The van der Waals surface area contributed by atoms with Gasteiger partial charge in [0.25, 0.3) is 0 Å². The Kier molecular flexibility index (Phi) is 8.93. The summed E-state index contributed by atoms with van der Waals surface area (Å²) in [5.74, 6) is -0.170. The number of carbonyl (C=O) groups excluding carboxylic acids is 2. The molecule has 0 aliphatic heterocycles. The molecule has 1 atom stereocenters. The Morgan fingerprint density at radius 1 is 1.03 bits per heavy atom. The predicted molar refractivity (Wildman–Crippen MR) is 142 cm³/mol. The highest BCUT2D eigenvalue weighted by Crippen LogP contribution is 2.28. The summed E-state index contributed by atoms with van der Waals surface area (Å²) in [4.78, 5) is 27.9. The molecule has 0 unspecified atom stereocenters. The van der Waals surface area contributed by atoms with Crippen LogP contribution in [0.2, 0.25) is 0 Å². The van der Waals surface area contributed by atoms with Crippen molar-refractivity contribution >= 4 is 38.3 Å². The first-order valence-corrected chi connectivity index (χ1v) is 13.7. The van der Waals surface area contributed by atoms with Crippen molar-refractivity contribution < 1.29 is 22.7 Å². The van der Waals surface area contributed by atoms with Crippen molar-refractivity contribution in [2.24, 2.45) is 0 Å². The number of carbonyl (C=O) groups is 2. The van der Waals surface area contributed by atoms with Gasteiger partial charge in [0.1, 0.15) is 18.3 Å². The van der Waals surface area contributed by atoms with Crippen LogP contribution in [0.4, 0.5) is 5.69 Å². The highest BCUT2D eigenvalue weighted by atomic mass is 32.2. The lowest BCUT2D eigenvalue weighted by Gasteiger charge is -2.32. The van der Waals surface area contributed by atoms with Crippen LogP contribution in [0.3, 0.4) is 0 Å². The zero-order valence-corrected chi connectivity index (χ0v) is 21.9. The fraction of sp³-hybridized carbons (Fsp3) is 0.333. The lowest BCUT2D eigenvalue weighted by atomic mass is 10.1. The van der Waals surface area contributed by atoms with Gasteiger partial charge in [-0.05, 0) is 42.5 Å². The van der Waals surface area contributed by atoms with E-state index in [0.29, 0.717) is 23.4 Å². The molecule has 0 bridgehead atoms. The molecule has 0 aliphatic carbocycles. The van der Waals surface area contributed by atoms with E-state index in [4.69, 9.17) is 4.74 Å². The highest BCUT2D eigenvalue weighted by molar-refractivity contribution is 7.92. The summed E-state index contributed by atoms with van der Waals surface area (Å²) < 4.78 is 32.2. The molecule has 36 heavy (non-hydrogen) atoms. The second-order valence-electron chi connectivity index (χ2n) is 8.61. The summed E-state index contributed by atoms with van der Waals surface area (Å²) in [6, 6.07) is 19.1. The summed E-state index contributed by atoms with van der Waals surface area (Å²) in [6.45, 7) is 3.74. The number of methoxy groups -OCH3 is 1. The Bertz CT molecular complexity index is 1320. The van der Waals surface area contributed by atoms with E-state index in [9.17, 15) is 18.0 Å². The largest absolute Gasteiger partial charge is 0.497 e. The highest BCUT2D eigenvalue weighted by Gasteiger charge is 2.30. The minimum atomic E-state index is -3.82. The van der Waals surface area contributed by atoms with Crippen molar-refractivity contribution in [1.29, 1.82) is 0 Å². The Morgan fingerprint density at radius 2 is 1.72 bits per heavy atom. The quantitative estimate of drug-likeness (QED) is 0.425. The van der Waals surface area contributed by atoms with Gasteiger partial charge in [-0.15, -0.1) is 0 Å². The van der Waals surface area contributed by atoms with E-state index in [0.717, 1.165) is 27.9 Å². The molecule has 2 amide bonds. The third kappa shape index (κ3) is 6.54. The molecule has 1 N–H and O–H groups in total. The van der Waals surface area contributed by atoms with Gasteiger partial charge in [-0.1, -0.05) is 55.5 Å². The molecule has 8 nitrogen and oxygen atoms in total. The van der Waals surface area contributed by atoms with Crippen LogP contribution in [0.25, 0.3) is 10.8 Å². The maximum atomic E-state index is 13.7. The van der Waals surface area contributed by atoms with Crippen LogP contribution in [0, 0.1) is 0 Å². The average Bonchev–Trinajstić information content (AvgIpc) is 2.87. The number of amides is 2. The van der Waals surface area contributed by atoms with Gasteiger partial charge in [0, 0.05) is 18.5 Å². The molecule has 0 fully saturated rings. The normalized spacial score (nSPS) is 12.1. The van der Waals surface area contributed by atoms with Gasteiger partial charge >= 0.3 is 0 Å². The molecule has 0 aromatic heterocycles. The van der Waals surface area contributed by atoms with Crippen LogP contribution in [0.1, 0.15) is 25.8 Å². The molecule has 0 heterocycles. The van der Waals surface area contributed by atoms with Crippen LogP contribution < -0.4 is 14.4 Å². The van der Waals surface area contributed by atoms with Gasteiger partial charge < -0.3 is 15.0 Å². The van der Waals surface area contributed by atoms with Crippen LogP contribution in [0.15, 0.2) is 66.7 Å². The first-order valence-electron chi connectivity index (χ1n) is 11.8. The molecule has 192 valence electrons. The Labute approximate surface area is 212 Å². The molecule has 3 rings (SSSR count). The third-order valence-corrected chi connectivity index (χ3v) is 7.04. The first kappa shape index (κ1) is 27.0. The van der Waals surface area contributed by atoms with Crippen molar-refractivity contribution in [3.8, 4) is 5.75 Å². The van der Waals surface area contributed by atoms with Gasteiger partial charge in [0.05, 0.1) is 19.1 Å². The van der Waals surface area contributed by atoms with E-state index >= 15 is 0 Å². The van der Waals surface area contributed by atoms with Crippen LogP contribution in [0.5, 0.6) is 5.75 Å². The Hall–Kier alpha value is -3.59. The number of anilines is 1. The molecule has 9 heteroatoms. The number of benzene rings is 3. The minimum Gasteiger partial charge on any atom is -0.497 e. The standard InChI is InChI=1S/C27H33N3O5S/c1-5-16-28-27(32)20(2)29(18-21-10-8-13-23(17-21)35-3)26(31)19-30(36(4,33)34)25-15-9-12-22-11-6-7-14-24(22)25/h6-15,17,20H,5,16,18-19H2,1-4H3,(H,28,32)/t20-/m1/s1. The van der Waals surface area contributed by atoms with Crippen LogP contribution >= 0.6 is 0 Å². The number of hydrogen-bond donors (Lipinski definition) is 1. The zero-order chi connectivity index (χ0) is 26.3. The van der Waals surface area contributed by atoms with E-state index in [2.05, 4.69) is 5.32 Å². The number of nitrogens with one attached hydrogen (secondary N) is 1. The molecule has 3 aromatic rings. The molecule has 3 aromatic carbocycles. The Balaban J connectivity index is 1.98. The lowest BCUT2D eigenvalue weighted by Crippen LogP contribution is -2.51. The average molecular weight is 512 g/mol. The second-order valence-corrected chi connectivity index (χ2v) is 10.5. The van der Waals surface area contributed by atoms with Crippen molar-refractivity contribution in [2.45, 2.75) is 32.9 Å². The van der Waals surface area contributed by atoms with E-state index in [1.54, 1.807) is 44.4 Å². The van der Waals surface area contributed by atoms with Crippen molar-refractivity contribution in [2.75, 3.05) is 30.8 Å². The van der Waals surface area contributed by atoms with Crippen molar-refractivity contribution in [3.05, 3.63) is 72.3 Å². The fourth-order valence-corrected chi connectivity index (χ4v) is 4.83. The smallest absolute Gasteiger partial charge is 0.244 e. The number of ether oxygens (including phenoxy) is 1. The summed E-state index contributed by atoms with van der Waals surface area (Å²) in [5, 5.41) is 4.40. The molecular formula is C27H33N3O5S. The molecule has 0 radical (unpaired) electrons. The third-order valence-electron chi connectivity index (χ3n) is 5.92. The zero-order valence-electron chi connectivity index (χ0n) is 21.1. The van der Waals surface area contributed by atoms with Gasteiger partial charge in [0.15, 0.2) is 0 Å². The topological polar surface area (TPSA) is 96.0 Å². The Morgan fingerprint density at radius 3 is 2.42 bits per heavy atom. The van der Waals surface area contributed by atoms with Crippen LogP contribution in [-0.2, 0) is 26.2 Å². The molecule has 0 saturated heterocycles. The van der Waals surface area contributed by atoms with Crippen molar-refractivity contribution in [1.82, 2.24) is 10.2 Å². The lowest BCUT2D eigenvalue weighted by molar-refractivity contribution is -0.139. The van der Waals surface area contributed by atoms with E-state index < -0.39 is 28.5 Å². The maximum Gasteiger partial charge on any atom is 0.244 e. The van der Waals surface area contributed by atoms with E-state index in [1.165, 1.54) is 4.90 Å². The van der Waals surface area contributed by atoms with Gasteiger partial charge in [-0.2, -0.15) is 0 Å². The monoisotopic (exact) mass is 511 g/mol.